The number of hydrogen-bond donors (Lipinski definition) is 2. The molecule has 0 radical (unpaired) electrons. The third-order valence-electron chi connectivity index (χ3n) is 3.01. The largest absolute Gasteiger partial charge is 0.504 e. The molecule has 128 valence electrons. The number of rotatable bonds is 4. The molecule has 3 aromatic rings. The van der Waals surface area contributed by atoms with Gasteiger partial charge in [0.2, 0.25) is 5.82 Å². The van der Waals surface area contributed by atoms with Crippen molar-refractivity contribution in [2.45, 2.75) is 0 Å². The van der Waals surface area contributed by atoms with Crippen LogP contribution >= 0.6 is 34.8 Å². The Bertz CT molecular complexity index is 974. The van der Waals surface area contributed by atoms with Crippen LogP contribution in [0.15, 0.2) is 34.9 Å². The van der Waals surface area contributed by atoms with Gasteiger partial charge in [-0.2, -0.15) is 4.98 Å². The van der Waals surface area contributed by atoms with Crippen molar-refractivity contribution in [3.8, 4) is 28.6 Å². The first-order valence-corrected chi connectivity index (χ1v) is 7.71. The van der Waals surface area contributed by atoms with Gasteiger partial charge in [0.05, 0.1) is 10.0 Å². The van der Waals surface area contributed by atoms with Gasteiger partial charge in [0.25, 0.3) is 0 Å². The maximum Gasteiger partial charge on any atom is 0.394 e. The zero-order valence-corrected chi connectivity index (χ0v) is 14.3. The summed E-state index contributed by atoms with van der Waals surface area (Å²) in [5.41, 5.74) is 0.204. The lowest BCUT2D eigenvalue weighted by Gasteiger charge is -2.11. The molecule has 0 bridgehead atoms. The zero-order chi connectivity index (χ0) is 18.1. The summed E-state index contributed by atoms with van der Waals surface area (Å²) in [7, 11) is 0. The van der Waals surface area contributed by atoms with E-state index in [2.05, 4.69) is 14.7 Å². The van der Waals surface area contributed by atoms with Crippen molar-refractivity contribution in [2.24, 2.45) is 0 Å². The number of nitrogens with zero attached hydrogens (tertiary/aromatic N) is 2. The highest BCUT2D eigenvalue weighted by atomic mass is 35.5. The quantitative estimate of drug-likeness (QED) is 0.641. The molecule has 0 atom stereocenters. The first-order valence-electron chi connectivity index (χ1n) is 6.58. The first kappa shape index (κ1) is 17.3. The number of aromatic hydroxyl groups is 1. The number of halogens is 3. The molecule has 0 unspecified atom stereocenters. The van der Waals surface area contributed by atoms with Crippen molar-refractivity contribution in [1.29, 1.82) is 0 Å². The molecular formula is C15H7Cl3N2O5. The molecule has 0 saturated carbocycles. The Labute approximate surface area is 155 Å². The second-order valence-corrected chi connectivity index (χ2v) is 5.96. The van der Waals surface area contributed by atoms with Gasteiger partial charge in [-0.1, -0.05) is 40.0 Å². The van der Waals surface area contributed by atoms with E-state index in [1.165, 1.54) is 24.3 Å². The number of aromatic nitrogens is 2. The van der Waals surface area contributed by atoms with Crippen molar-refractivity contribution in [1.82, 2.24) is 10.1 Å². The second-order valence-electron chi connectivity index (χ2n) is 4.70. The normalized spacial score (nSPS) is 10.7. The summed E-state index contributed by atoms with van der Waals surface area (Å²) in [4.78, 5) is 14.5. The standard InChI is InChI=1S/C15H7Cl3N2O5/c16-6-1-2-11(9(18)3-6)24-12-4-7(8(17)5-10(12)21)13-19-14(15(22)23)25-20-13/h1-5,21H,(H,22,23). The summed E-state index contributed by atoms with van der Waals surface area (Å²) in [6.45, 7) is 0. The van der Waals surface area contributed by atoms with Crippen molar-refractivity contribution < 1.29 is 24.3 Å². The van der Waals surface area contributed by atoms with Crippen LogP contribution in [0.2, 0.25) is 15.1 Å². The Kier molecular flexibility index (Phi) is 4.71. The van der Waals surface area contributed by atoms with Gasteiger partial charge in [-0.25, -0.2) is 4.79 Å². The lowest BCUT2D eigenvalue weighted by Crippen LogP contribution is -1.95. The van der Waals surface area contributed by atoms with Gasteiger partial charge in [0, 0.05) is 16.7 Å². The number of phenols is 1. The molecule has 0 saturated heterocycles. The molecule has 2 N–H and O–H groups in total. The predicted molar refractivity (Wildman–Crippen MR) is 89.9 cm³/mol. The minimum atomic E-state index is -1.38. The Balaban J connectivity index is 2.01. The maximum absolute atomic E-state index is 10.8. The Morgan fingerprint density at radius 1 is 1.08 bits per heavy atom. The van der Waals surface area contributed by atoms with E-state index in [9.17, 15) is 9.90 Å². The monoisotopic (exact) mass is 400 g/mol. The predicted octanol–water partition coefficient (Wildman–Crippen LogP) is 4.89. The topological polar surface area (TPSA) is 106 Å². The summed E-state index contributed by atoms with van der Waals surface area (Å²) >= 11 is 17.9. The van der Waals surface area contributed by atoms with Gasteiger partial charge in [-0.05, 0) is 24.3 Å². The van der Waals surface area contributed by atoms with E-state index in [0.29, 0.717) is 5.02 Å². The lowest BCUT2D eigenvalue weighted by atomic mass is 10.2. The van der Waals surface area contributed by atoms with Crippen LogP contribution in [0.25, 0.3) is 11.4 Å². The number of phenolic OH excluding ortho intramolecular Hbond substituents is 1. The average Bonchev–Trinajstić information content (AvgIpc) is 3.02. The lowest BCUT2D eigenvalue weighted by molar-refractivity contribution is 0.0643. The van der Waals surface area contributed by atoms with E-state index in [0.717, 1.165) is 0 Å². The highest BCUT2D eigenvalue weighted by molar-refractivity contribution is 6.35. The first-order chi connectivity index (χ1) is 11.8. The van der Waals surface area contributed by atoms with Crippen LogP contribution in [-0.4, -0.2) is 26.3 Å². The van der Waals surface area contributed by atoms with E-state index >= 15 is 0 Å². The molecule has 0 aliphatic rings. The smallest absolute Gasteiger partial charge is 0.394 e. The summed E-state index contributed by atoms with van der Waals surface area (Å²) in [5, 5.41) is 23.1. The zero-order valence-electron chi connectivity index (χ0n) is 12.0. The van der Waals surface area contributed by atoms with Crippen LogP contribution in [0.5, 0.6) is 17.2 Å². The van der Waals surface area contributed by atoms with Crippen molar-refractivity contribution >= 4 is 40.8 Å². The van der Waals surface area contributed by atoms with Gasteiger partial charge in [0.1, 0.15) is 5.75 Å². The Hall–Kier alpha value is -2.48. The number of ether oxygens (including phenoxy) is 1. The molecule has 25 heavy (non-hydrogen) atoms. The molecule has 0 spiro atoms. The van der Waals surface area contributed by atoms with Gasteiger partial charge in [0.15, 0.2) is 11.5 Å². The number of carboxylic acid groups (broad SMARTS) is 1. The molecule has 0 fully saturated rings. The highest BCUT2D eigenvalue weighted by Gasteiger charge is 2.19. The molecule has 3 rings (SSSR count). The summed E-state index contributed by atoms with van der Waals surface area (Å²) < 4.78 is 10.2. The van der Waals surface area contributed by atoms with E-state index in [4.69, 9.17) is 44.6 Å². The minimum Gasteiger partial charge on any atom is -0.504 e. The molecule has 2 aromatic carbocycles. The summed E-state index contributed by atoms with van der Waals surface area (Å²) in [6.07, 6.45) is 0. The van der Waals surface area contributed by atoms with E-state index < -0.39 is 11.9 Å². The van der Waals surface area contributed by atoms with Crippen molar-refractivity contribution in [2.75, 3.05) is 0 Å². The molecule has 10 heteroatoms. The number of hydrogen-bond acceptors (Lipinski definition) is 6. The molecular weight excluding hydrogens is 395 g/mol. The molecule has 1 aromatic heterocycles. The third kappa shape index (κ3) is 3.63. The van der Waals surface area contributed by atoms with Crippen LogP contribution in [0.3, 0.4) is 0 Å². The highest BCUT2D eigenvalue weighted by Crippen LogP contribution is 2.40. The maximum atomic E-state index is 10.8. The molecule has 7 nitrogen and oxygen atoms in total. The van der Waals surface area contributed by atoms with E-state index in [1.807, 2.05) is 0 Å². The van der Waals surface area contributed by atoms with Crippen LogP contribution < -0.4 is 4.74 Å². The number of aromatic carboxylic acids is 1. The number of carboxylic acids is 1. The van der Waals surface area contributed by atoms with Crippen LogP contribution in [0.4, 0.5) is 0 Å². The van der Waals surface area contributed by atoms with Gasteiger partial charge in [-0.3, -0.25) is 0 Å². The van der Waals surface area contributed by atoms with Gasteiger partial charge in [-0.15, -0.1) is 0 Å². The fourth-order valence-electron chi connectivity index (χ4n) is 1.89. The number of benzene rings is 2. The molecule has 0 aliphatic heterocycles. The van der Waals surface area contributed by atoms with E-state index in [-0.39, 0.29) is 38.7 Å². The van der Waals surface area contributed by atoms with Gasteiger partial charge >= 0.3 is 11.9 Å². The third-order valence-corrected chi connectivity index (χ3v) is 3.86. The fourth-order valence-corrected chi connectivity index (χ4v) is 2.58. The molecule has 0 amide bonds. The molecule has 1 heterocycles. The van der Waals surface area contributed by atoms with Gasteiger partial charge < -0.3 is 19.5 Å². The number of carbonyl (C=O) groups is 1. The summed E-state index contributed by atoms with van der Waals surface area (Å²) in [6, 6.07) is 7.10. The van der Waals surface area contributed by atoms with E-state index in [1.54, 1.807) is 6.07 Å². The second kappa shape index (κ2) is 6.79. The SMILES string of the molecule is O=C(O)c1nc(-c2cc(Oc3ccc(Cl)cc3Cl)c(O)cc2Cl)no1. The average molecular weight is 402 g/mol. The minimum absolute atomic E-state index is 0.00491. The van der Waals surface area contributed by atoms with Crippen molar-refractivity contribution in [3.63, 3.8) is 0 Å². The molecule has 0 aliphatic carbocycles. The van der Waals surface area contributed by atoms with Crippen LogP contribution in [0.1, 0.15) is 10.7 Å². The Morgan fingerprint density at radius 2 is 1.84 bits per heavy atom. The van der Waals surface area contributed by atoms with Crippen LogP contribution in [0, 0.1) is 0 Å². The summed E-state index contributed by atoms with van der Waals surface area (Å²) in [5.74, 6) is -2.06. The fraction of sp³-hybridized carbons (Fsp3) is 0. The Morgan fingerprint density at radius 3 is 2.48 bits per heavy atom. The van der Waals surface area contributed by atoms with Crippen LogP contribution in [-0.2, 0) is 0 Å². The van der Waals surface area contributed by atoms with Crippen molar-refractivity contribution in [3.05, 3.63) is 51.3 Å².